The van der Waals surface area contributed by atoms with E-state index in [2.05, 4.69) is 61.6 Å². The van der Waals surface area contributed by atoms with Gasteiger partial charge in [-0.2, -0.15) is 0 Å². The Morgan fingerprint density at radius 2 is 1.37 bits per heavy atom. The Morgan fingerprint density at radius 3 is 2.08 bits per heavy atom. The van der Waals surface area contributed by atoms with E-state index in [9.17, 15) is 0 Å². The minimum Gasteiger partial charge on any atom is -0.373 e. The topological polar surface area (TPSA) is 122 Å². The Balaban J connectivity index is 1.05. The van der Waals surface area contributed by atoms with Crippen LogP contribution in [0.3, 0.4) is 0 Å². The standard InChI is InChI=1S/C41H34N6S2/c1-41(2)31-23-27(37(42)48-39(44)35-17-9-15-33(46-35)25-11-5-3-6-12-25)19-21-29(31)30-22-20-28(24-32(30)41)38(43)49-40(45)36-18-10-16-34(47-36)26-13-7-4-8-14-26/h3-24,33,42-46H,1-2H3/p+1. The van der Waals surface area contributed by atoms with E-state index < -0.39 is 0 Å². The number of nitrogens with zero attached hydrogens (tertiary/aromatic N) is 1. The molecule has 49 heavy (non-hydrogen) atoms. The molecule has 1 atom stereocenters. The van der Waals surface area contributed by atoms with Crippen molar-refractivity contribution in [2.75, 3.05) is 0 Å². The molecule has 1 unspecified atom stereocenters. The molecule has 0 amide bonds. The molecule has 0 fully saturated rings. The highest BCUT2D eigenvalue weighted by Crippen LogP contribution is 2.49. The molecule has 6 N–H and O–H groups in total. The first kappa shape index (κ1) is 32.2. The van der Waals surface area contributed by atoms with Crippen LogP contribution in [0.25, 0.3) is 22.4 Å². The lowest BCUT2D eigenvalue weighted by Gasteiger charge is -2.23. The van der Waals surface area contributed by atoms with E-state index in [4.69, 9.17) is 26.6 Å². The van der Waals surface area contributed by atoms with Gasteiger partial charge < -0.3 is 5.32 Å². The van der Waals surface area contributed by atoms with Gasteiger partial charge in [-0.05, 0) is 76.0 Å². The van der Waals surface area contributed by atoms with Gasteiger partial charge in [0.05, 0.1) is 28.7 Å². The van der Waals surface area contributed by atoms with Gasteiger partial charge in [-0.3, -0.25) is 16.2 Å². The fourth-order valence-electron chi connectivity index (χ4n) is 6.32. The maximum Gasteiger partial charge on any atom is 0.245 e. The summed E-state index contributed by atoms with van der Waals surface area (Å²) in [4.78, 5) is 4.72. The highest BCUT2D eigenvalue weighted by molar-refractivity contribution is 8.27. The van der Waals surface area contributed by atoms with Gasteiger partial charge in [0.15, 0.2) is 0 Å². The summed E-state index contributed by atoms with van der Waals surface area (Å²) in [6.45, 7) is 4.39. The van der Waals surface area contributed by atoms with Gasteiger partial charge in [0.2, 0.25) is 5.04 Å². The zero-order valence-electron chi connectivity index (χ0n) is 27.1. The SMILES string of the molecule is CC1(C)c2cc(C(=N)SC(=N)C3=CC=CC(c4ccccc4)N3)ccc2-c2ccc(C(=[NH2+])SC(=N)c3cccc(-c4ccccc4)n3)cc21. The first-order valence-electron chi connectivity index (χ1n) is 16.0. The first-order valence-corrected chi connectivity index (χ1v) is 17.6. The van der Waals surface area contributed by atoms with Gasteiger partial charge in [0.1, 0.15) is 15.1 Å². The largest absolute Gasteiger partial charge is 0.373 e. The number of aromatic nitrogens is 1. The smallest absolute Gasteiger partial charge is 0.245 e. The number of fused-ring (bicyclic) bond motifs is 3. The van der Waals surface area contributed by atoms with Crippen molar-refractivity contribution >= 4 is 43.7 Å². The highest BCUT2D eigenvalue weighted by atomic mass is 32.2. The van der Waals surface area contributed by atoms with Crippen LogP contribution in [0.1, 0.15) is 53.4 Å². The number of benzene rings is 4. The van der Waals surface area contributed by atoms with Crippen molar-refractivity contribution in [3.63, 3.8) is 0 Å². The molecule has 2 aliphatic rings. The van der Waals surface area contributed by atoms with Crippen molar-refractivity contribution in [3.05, 3.63) is 173 Å². The van der Waals surface area contributed by atoms with Crippen LogP contribution in [0.2, 0.25) is 0 Å². The fourth-order valence-corrected chi connectivity index (χ4v) is 7.69. The summed E-state index contributed by atoms with van der Waals surface area (Å²) in [6, 6.07) is 38.2. The second-order valence-corrected chi connectivity index (χ2v) is 14.5. The molecule has 2 heterocycles. The lowest BCUT2D eigenvalue weighted by molar-refractivity contribution is -0.107. The predicted octanol–water partition coefficient (Wildman–Crippen LogP) is 8.14. The monoisotopic (exact) mass is 675 g/mol. The second kappa shape index (κ2) is 13.3. The van der Waals surface area contributed by atoms with Crippen LogP contribution in [-0.2, 0) is 5.41 Å². The van der Waals surface area contributed by atoms with Crippen molar-refractivity contribution in [1.29, 1.82) is 16.2 Å². The Kier molecular flexibility index (Phi) is 8.75. The molecule has 240 valence electrons. The Morgan fingerprint density at radius 1 is 0.714 bits per heavy atom. The van der Waals surface area contributed by atoms with Crippen molar-refractivity contribution in [2.24, 2.45) is 0 Å². The minimum atomic E-state index is -0.333. The summed E-state index contributed by atoms with van der Waals surface area (Å²) in [6.07, 6.45) is 5.93. The third-order valence-corrected chi connectivity index (χ3v) is 10.7. The minimum absolute atomic E-state index is 0.0155. The van der Waals surface area contributed by atoms with Crippen LogP contribution >= 0.6 is 23.5 Å². The quantitative estimate of drug-likeness (QED) is 0.0921. The van der Waals surface area contributed by atoms with Gasteiger partial charge in [0.25, 0.3) is 0 Å². The fraction of sp³-hybridized carbons (Fsp3) is 0.0976. The van der Waals surface area contributed by atoms with E-state index in [1.165, 1.54) is 11.8 Å². The summed E-state index contributed by atoms with van der Waals surface area (Å²) in [5.74, 6) is 0. The van der Waals surface area contributed by atoms with Crippen LogP contribution in [0, 0.1) is 16.2 Å². The molecule has 5 aromatic rings. The lowest BCUT2D eigenvalue weighted by atomic mass is 9.81. The molecule has 6 nitrogen and oxygen atoms in total. The molecule has 8 heteroatoms. The van der Waals surface area contributed by atoms with Crippen LogP contribution in [-0.4, -0.2) is 25.2 Å². The summed E-state index contributed by atoms with van der Waals surface area (Å²) in [5.41, 5.74) is 10.1. The summed E-state index contributed by atoms with van der Waals surface area (Å²) >= 11 is 2.36. The van der Waals surface area contributed by atoms with Crippen molar-refractivity contribution in [2.45, 2.75) is 25.3 Å². The van der Waals surface area contributed by atoms with Gasteiger partial charge >= 0.3 is 0 Å². The van der Waals surface area contributed by atoms with Gasteiger partial charge in [-0.1, -0.05) is 111 Å². The Bertz CT molecular complexity index is 2200. The summed E-state index contributed by atoms with van der Waals surface area (Å²) in [5, 5.41) is 38.0. The van der Waals surface area contributed by atoms with Crippen molar-refractivity contribution in [1.82, 2.24) is 10.3 Å². The number of hydrogen-bond acceptors (Lipinski definition) is 7. The molecule has 1 aliphatic carbocycles. The molecule has 0 bridgehead atoms. The number of hydrogen-bond donors (Lipinski definition) is 5. The molecular weight excluding hydrogens is 641 g/mol. The maximum atomic E-state index is 8.94. The van der Waals surface area contributed by atoms with E-state index in [1.807, 2.05) is 91.0 Å². The first-order chi connectivity index (χ1) is 23.7. The zero-order valence-corrected chi connectivity index (χ0v) is 28.8. The predicted molar refractivity (Wildman–Crippen MR) is 206 cm³/mol. The van der Waals surface area contributed by atoms with E-state index in [1.54, 1.807) is 0 Å². The van der Waals surface area contributed by atoms with Crippen LogP contribution < -0.4 is 10.7 Å². The molecule has 1 aliphatic heterocycles. The number of nitrogens with one attached hydrogen (secondary N) is 4. The number of nitrogens with two attached hydrogens (primary N) is 1. The normalized spacial score (nSPS) is 15.4. The van der Waals surface area contributed by atoms with E-state index in [0.717, 1.165) is 62.0 Å². The third-order valence-electron chi connectivity index (χ3n) is 8.97. The van der Waals surface area contributed by atoms with Crippen LogP contribution in [0.5, 0.6) is 0 Å². The molecule has 0 saturated heterocycles. The third kappa shape index (κ3) is 6.45. The van der Waals surface area contributed by atoms with E-state index >= 15 is 0 Å². The van der Waals surface area contributed by atoms with Crippen molar-refractivity contribution in [3.8, 4) is 22.4 Å². The van der Waals surface area contributed by atoms with Gasteiger partial charge in [-0.15, -0.1) is 0 Å². The molecule has 1 aromatic heterocycles. The van der Waals surface area contributed by atoms with Gasteiger partial charge in [0, 0.05) is 28.3 Å². The van der Waals surface area contributed by atoms with Crippen LogP contribution in [0.4, 0.5) is 0 Å². The molecule has 7 rings (SSSR count). The second-order valence-electron chi connectivity index (χ2n) is 12.5. The highest BCUT2D eigenvalue weighted by Gasteiger charge is 2.36. The Labute approximate surface area is 294 Å². The number of dihydropyridines is 1. The number of thioether (sulfide) groups is 2. The van der Waals surface area contributed by atoms with Crippen LogP contribution in [0.15, 0.2) is 139 Å². The molecule has 0 saturated carbocycles. The zero-order chi connectivity index (χ0) is 34.1. The number of pyridine rings is 1. The average Bonchev–Trinajstić information content (AvgIpc) is 3.37. The lowest BCUT2D eigenvalue weighted by Crippen LogP contribution is -2.39. The van der Waals surface area contributed by atoms with E-state index in [-0.39, 0.29) is 16.5 Å². The number of allylic oxidation sites excluding steroid dienone is 2. The maximum absolute atomic E-state index is 8.94. The molecular formula is C41H35N6S2+. The van der Waals surface area contributed by atoms with E-state index in [0.29, 0.717) is 26.5 Å². The number of rotatable bonds is 6. The molecule has 4 aromatic carbocycles. The summed E-state index contributed by atoms with van der Waals surface area (Å²) < 4.78 is 0. The molecule has 0 spiro atoms. The van der Waals surface area contributed by atoms with Gasteiger partial charge in [-0.25, -0.2) is 10.4 Å². The molecule has 0 radical (unpaired) electrons. The Hall–Kier alpha value is -5.31. The summed E-state index contributed by atoms with van der Waals surface area (Å²) in [7, 11) is 0. The van der Waals surface area contributed by atoms with Crippen molar-refractivity contribution < 1.29 is 5.41 Å². The average molecular weight is 676 g/mol.